The van der Waals surface area contributed by atoms with E-state index in [4.69, 9.17) is 5.73 Å². The Morgan fingerprint density at radius 1 is 1.48 bits per heavy atom. The van der Waals surface area contributed by atoms with Gasteiger partial charge in [0.1, 0.15) is 5.69 Å². The zero-order valence-corrected chi connectivity index (χ0v) is 12.4. The highest BCUT2D eigenvalue weighted by Crippen LogP contribution is 2.30. The molecular formula is C15H21N3O3. The molecule has 1 aromatic carbocycles. The number of carbonyl (C=O) groups is 1. The van der Waals surface area contributed by atoms with Crippen molar-refractivity contribution in [1.82, 2.24) is 4.90 Å². The predicted molar refractivity (Wildman–Crippen MR) is 81.0 cm³/mol. The number of rotatable bonds is 6. The van der Waals surface area contributed by atoms with Crippen LogP contribution in [0.4, 0.5) is 11.4 Å². The van der Waals surface area contributed by atoms with Crippen molar-refractivity contribution in [2.75, 3.05) is 12.3 Å². The number of nitro groups is 1. The predicted octanol–water partition coefficient (Wildman–Crippen LogP) is 2.83. The summed E-state index contributed by atoms with van der Waals surface area (Å²) in [5, 5.41) is 10.8. The third kappa shape index (κ3) is 3.71. The van der Waals surface area contributed by atoms with Crippen LogP contribution >= 0.6 is 0 Å². The minimum absolute atomic E-state index is 0.0328. The van der Waals surface area contributed by atoms with E-state index in [0.717, 1.165) is 25.8 Å². The third-order valence-corrected chi connectivity index (χ3v) is 3.67. The molecule has 0 heterocycles. The summed E-state index contributed by atoms with van der Waals surface area (Å²) >= 11 is 0. The van der Waals surface area contributed by atoms with Gasteiger partial charge in [-0.2, -0.15) is 0 Å². The Morgan fingerprint density at radius 2 is 2.14 bits per heavy atom. The molecule has 1 saturated carbocycles. The molecule has 1 amide bonds. The Kier molecular flexibility index (Phi) is 4.45. The highest BCUT2D eigenvalue weighted by atomic mass is 16.6. The number of nitro benzene ring substituents is 1. The van der Waals surface area contributed by atoms with Gasteiger partial charge in [-0.3, -0.25) is 14.9 Å². The van der Waals surface area contributed by atoms with Crippen LogP contribution in [0.1, 0.15) is 43.5 Å². The molecule has 2 rings (SSSR count). The molecule has 0 aromatic heterocycles. The molecule has 114 valence electrons. The van der Waals surface area contributed by atoms with Gasteiger partial charge < -0.3 is 10.6 Å². The highest BCUT2D eigenvalue weighted by molar-refractivity contribution is 5.96. The largest absolute Gasteiger partial charge is 0.393 e. The number of nitrogen functional groups attached to an aromatic ring is 1. The molecule has 1 aliphatic carbocycles. The number of anilines is 1. The number of benzene rings is 1. The lowest BCUT2D eigenvalue weighted by Gasteiger charge is -2.23. The smallest absolute Gasteiger partial charge is 0.292 e. The van der Waals surface area contributed by atoms with Gasteiger partial charge in [-0.15, -0.1) is 0 Å². The number of nitrogens with two attached hydrogens (primary N) is 1. The van der Waals surface area contributed by atoms with E-state index in [1.54, 1.807) is 0 Å². The Hall–Kier alpha value is -2.11. The van der Waals surface area contributed by atoms with Gasteiger partial charge in [0, 0.05) is 24.2 Å². The zero-order chi connectivity index (χ0) is 15.6. The summed E-state index contributed by atoms with van der Waals surface area (Å²) in [6, 6.07) is 4.51. The maximum Gasteiger partial charge on any atom is 0.292 e. The van der Waals surface area contributed by atoms with E-state index in [1.807, 2.05) is 4.90 Å². The first-order valence-corrected chi connectivity index (χ1v) is 7.25. The molecule has 0 saturated heterocycles. The molecule has 1 aromatic rings. The van der Waals surface area contributed by atoms with Crippen molar-refractivity contribution in [3.8, 4) is 0 Å². The van der Waals surface area contributed by atoms with Gasteiger partial charge in [0.05, 0.1) is 4.92 Å². The van der Waals surface area contributed by atoms with Gasteiger partial charge in [0.15, 0.2) is 0 Å². The lowest BCUT2D eigenvalue weighted by atomic mass is 10.1. The van der Waals surface area contributed by atoms with Crippen molar-refractivity contribution in [2.45, 2.75) is 39.2 Å². The van der Waals surface area contributed by atoms with Crippen LogP contribution in [0.15, 0.2) is 18.2 Å². The van der Waals surface area contributed by atoms with Crippen LogP contribution in [-0.4, -0.2) is 28.3 Å². The Balaban J connectivity index is 2.16. The van der Waals surface area contributed by atoms with Crippen LogP contribution in [0.25, 0.3) is 0 Å². The SMILES string of the molecule is CC(C)CCN(C(=O)c1ccc([N+](=O)[O-])c(N)c1)C1CC1. The summed E-state index contributed by atoms with van der Waals surface area (Å²) in [5.74, 6) is 0.445. The summed E-state index contributed by atoms with van der Waals surface area (Å²) in [5.41, 5.74) is 5.96. The molecule has 0 spiro atoms. The van der Waals surface area contributed by atoms with Crippen LogP contribution in [0.2, 0.25) is 0 Å². The minimum atomic E-state index is -0.541. The van der Waals surface area contributed by atoms with Gasteiger partial charge in [0.2, 0.25) is 0 Å². The van der Waals surface area contributed by atoms with Crippen molar-refractivity contribution in [3.05, 3.63) is 33.9 Å². The fourth-order valence-electron chi connectivity index (χ4n) is 2.25. The van der Waals surface area contributed by atoms with E-state index < -0.39 is 4.92 Å². The van der Waals surface area contributed by atoms with E-state index in [0.29, 0.717) is 17.5 Å². The number of hydrogen-bond donors (Lipinski definition) is 1. The summed E-state index contributed by atoms with van der Waals surface area (Å²) < 4.78 is 0. The van der Waals surface area contributed by atoms with Crippen LogP contribution in [-0.2, 0) is 0 Å². The maximum atomic E-state index is 12.6. The molecule has 0 unspecified atom stereocenters. The lowest BCUT2D eigenvalue weighted by molar-refractivity contribution is -0.383. The summed E-state index contributed by atoms with van der Waals surface area (Å²) in [6.45, 7) is 4.97. The molecule has 0 bridgehead atoms. The standard InChI is InChI=1S/C15H21N3O3/c1-10(2)7-8-17(12-4-5-12)15(19)11-3-6-14(18(20)21)13(16)9-11/h3,6,9-10,12H,4-5,7-8,16H2,1-2H3. The zero-order valence-electron chi connectivity index (χ0n) is 12.4. The Labute approximate surface area is 124 Å². The van der Waals surface area contributed by atoms with Gasteiger partial charge >= 0.3 is 0 Å². The first kappa shape index (κ1) is 15.3. The summed E-state index contributed by atoms with van der Waals surface area (Å²) in [6.07, 6.45) is 3.02. The van der Waals surface area contributed by atoms with Gasteiger partial charge in [-0.1, -0.05) is 13.8 Å². The highest BCUT2D eigenvalue weighted by Gasteiger charge is 2.33. The molecule has 2 N–H and O–H groups in total. The molecule has 1 fully saturated rings. The van der Waals surface area contributed by atoms with Crippen molar-refractivity contribution in [3.63, 3.8) is 0 Å². The van der Waals surface area contributed by atoms with Crippen molar-refractivity contribution in [2.24, 2.45) is 5.92 Å². The molecule has 0 atom stereocenters. The number of carbonyl (C=O) groups excluding carboxylic acids is 1. The van der Waals surface area contributed by atoms with Crippen LogP contribution in [0, 0.1) is 16.0 Å². The summed E-state index contributed by atoms with van der Waals surface area (Å²) in [4.78, 5) is 24.7. The van der Waals surface area contributed by atoms with Crippen LogP contribution < -0.4 is 5.73 Å². The molecule has 1 aliphatic rings. The van der Waals surface area contributed by atoms with E-state index in [-0.39, 0.29) is 17.3 Å². The Bertz CT molecular complexity index is 553. The van der Waals surface area contributed by atoms with E-state index in [1.165, 1.54) is 18.2 Å². The second kappa shape index (κ2) is 6.11. The molecule has 6 heteroatoms. The monoisotopic (exact) mass is 291 g/mol. The van der Waals surface area contributed by atoms with Crippen molar-refractivity contribution >= 4 is 17.3 Å². The average molecular weight is 291 g/mol. The van der Waals surface area contributed by atoms with Crippen LogP contribution in [0.3, 0.4) is 0 Å². The quantitative estimate of drug-likeness (QED) is 0.496. The van der Waals surface area contributed by atoms with E-state index >= 15 is 0 Å². The van der Waals surface area contributed by atoms with Crippen molar-refractivity contribution < 1.29 is 9.72 Å². The van der Waals surface area contributed by atoms with E-state index in [2.05, 4.69) is 13.8 Å². The normalized spacial score (nSPS) is 14.2. The van der Waals surface area contributed by atoms with Gasteiger partial charge in [0.25, 0.3) is 11.6 Å². The van der Waals surface area contributed by atoms with Gasteiger partial charge in [-0.25, -0.2) is 0 Å². The molecule has 0 radical (unpaired) electrons. The second-order valence-electron chi connectivity index (χ2n) is 5.94. The maximum absolute atomic E-state index is 12.6. The number of hydrogen-bond acceptors (Lipinski definition) is 4. The number of amides is 1. The lowest BCUT2D eigenvalue weighted by Crippen LogP contribution is -2.34. The van der Waals surface area contributed by atoms with Crippen LogP contribution in [0.5, 0.6) is 0 Å². The minimum Gasteiger partial charge on any atom is -0.393 e. The van der Waals surface area contributed by atoms with E-state index in [9.17, 15) is 14.9 Å². The Morgan fingerprint density at radius 3 is 2.62 bits per heavy atom. The molecular weight excluding hydrogens is 270 g/mol. The third-order valence-electron chi connectivity index (χ3n) is 3.67. The molecule has 6 nitrogen and oxygen atoms in total. The molecule has 21 heavy (non-hydrogen) atoms. The second-order valence-corrected chi connectivity index (χ2v) is 5.94. The first-order valence-electron chi connectivity index (χ1n) is 7.25. The average Bonchev–Trinajstić information content (AvgIpc) is 3.22. The van der Waals surface area contributed by atoms with Crippen molar-refractivity contribution in [1.29, 1.82) is 0 Å². The molecule has 0 aliphatic heterocycles. The fraction of sp³-hybridized carbons (Fsp3) is 0.533. The topological polar surface area (TPSA) is 89.5 Å². The first-order chi connectivity index (χ1) is 9.90. The summed E-state index contributed by atoms with van der Waals surface area (Å²) in [7, 11) is 0. The fourth-order valence-corrected chi connectivity index (χ4v) is 2.25. The van der Waals surface area contributed by atoms with Gasteiger partial charge in [-0.05, 0) is 37.3 Å². The number of nitrogens with zero attached hydrogens (tertiary/aromatic N) is 2.